The molecule has 5 rings (SSSR count). The Morgan fingerprint density at radius 3 is 2.14 bits per heavy atom. The first kappa shape index (κ1) is 23.7. The van der Waals surface area contributed by atoms with Gasteiger partial charge >= 0.3 is 0 Å². The van der Waals surface area contributed by atoms with E-state index in [4.69, 9.17) is 0 Å². The average molecular weight is 515 g/mol. The van der Waals surface area contributed by atoms with E-state index in [0.29, 0.717) is 22.4 Å². The van der Waals surface area contributed by atoms with E-state index in [1.165, 1.54) is 10.9 Å². The van der Waals surface area contributed by atoms with Crippen LogP contribution in [-0.2, 0) is 12.3 Å². The van der Waals surface area contributed by atoms with Gasteiger partial charge in [-0.2, -0.15) is 0 Å². The molecule has 2 heterocycles. The molecular weight excluding hydrogens is 501 g/mol. The lowest BCUT2D eigenvalue weighted by molar-refractivity contribution is 0.372. The Morgan fingerprint density at radius 2 is 1.42 bits per heavy atom. The zero-order valence-corrected chi connectivity index (χ0v) is 18.9. The number of fused-ring (bicyclic) bond motifs is 1. The van der Waals surface area contributed by atoms with Gasteiger partial charge < -0.3 is 0 Å². The van der Waals surface area contributed by atoms with Crippen LogP contribution in [0.15, 0.2) is 70.9 Å². The van der Waals surface area contributed by atoms with Crippen LogP contribution >= 0.6 is 11.8 Å². The third-order valence-corrected chi connectivity index (χ3v) is 6.36. The Balaban J connectivity index is 1.54. The molecule has 6 nitrogen and oxygen atoms in total. The summed E-state index contributed by atoms with van der Waals surface area (Å²) in [4.78, 5) is 17.2. The Hall–Kier alpha value is -4.06. The van der Waals surface area contributed by atoms with Gasteiger partial charge in [0.1, 0.15) is 0 Å². The predicted octanol–water partition coefficient (Wildman–Crippen LogP) is 5.01. The molecule has 0 bridgehead atoms. The van der Waals surface area contributed by atoms with Gasteiger partial charge in [0.2, 0.25) is 5.82 Å². The Kier molecular flexibility index (Phi) is 6.27. The van der Waals surface area contributed by atoms with Gasteiger partial charge in [0, 0.05) is 17.0 Å². The molecule has 3 aromatic carbocycles. The van der Waals surface area contributed by atoms with Gasteiger partial charge in [0.05, 0.1) is 23.8 Å². The lowest BCUT2D eigenvalue weighted by Crippen LogP contribution is -2.22. The Bertz CT molecular complexity index is 1630. The highest BCUT2D eigenvalue weighted by molar-refractivity contribution is 7.98. The van der Waals surface area contributed by atoms with Gasteiger partial charge in [-0.1, -0.05) is 42.1 Å². The molecule has 0 unspecified atom stereocenters. The highest BCUT2D eigenvalue weighted by atomic mass is 32.2. The number of para-hydroxylation sites is 2. The van der Waals surface area contributed by atoms with Crippen LogP contribution < -0.4 is 5.56 Å². The van der Waals surface area contributed by atoms with Crippen molar-refractivity contribution in [3.8, 4) is 5.69 Å². The van der Waals surface area contributed by atoms with E-state index in [1.54, 1.807) is 59.2 Å². The second kappa shape index (κ2) is 9.53. The summed E-state index contributed by atoms with van der Waals surface area (Å²) in [7, 11) is 0. The van der Waals surface area contributed by atoms with Crippen molar-refractivity contribution in [3.05, 3.63) is 112 Å². The molecule has 0 saturated carbocycles. The summed E-state index contributed by atoms with van der Waals surface area (Å²) in [5, 5.41) is 8.71. The number of aromatic nitrogens is 5. The molecule has 5 aromatic rings. The summed E-state index contributed by atoms with van der Waals surface area (Å²) >= 11 is 0.735. The third kappa shape index (κ3) is 4.13. The number of benzene rings is 3. The summed E-state index contributed by atoms with van der Waals surface area (Å²) in [5.74, 6) is -10.4. The SMILES string of the molecule is O=c1c2ccccc2ncn1Cc1nnc(SCc2c(F)c(F)c(F)c(F)c2F)n1-c1ccccc1. The van der Waals surface area contributed by atoms with Crippen LogP contribution in [0.25, 0.3) is 16.6 Å². The molecule has 0 fully saturated rings. The van der Waals surface area contributed by atoms with Gasteiger partial charge in [-0.05, 0) is 24.3 Å². The third-order valence-electron chi connectivity index (χ3n) is 5.40. The quantitative estimate of drug-likeness (QED) is 0.138. The topological polar surface area (TPSA) is 65.6 Å². The van der Waals surface area contributed by atoms with Crippen molar-refractivity contribution in [2.24, 2.45) is 0 Å². The molecule has 12 heteroatoms. The number of thioether (sulfide) groups is 1. The van der Waals surface area contributed by atoms with Crippen molar-refractivity contribution < 1.29 is 22.0 Å². The fourth-order valence-electron chi connectivity index (χ4n) is 3.62. The van der Waals surface area contributed by atoms with E-state index >= 15 is 0 Å². The molecule has 182 valence electrons. The predicted molar refractivity (Wildman–Crippen MR) is 122 cm³/mol. The molecule has 0 N–H and O–H groups in total. The average Bonchev–Trinajstić information content (AvgIpc) is 3.30. The van der Waals surface area contributed by atoms with E-state index in [9.17, 15) is 26.7 Å². The minimum atomic E-state index is -2.22. The molecule has 0 aliphatic carbocycles. The van der Waals surface area contributed by atoms with Crippen LogP contribution in [0.2, 0.25) is 0 Å². The van der Waals surface area contributed by atoms with Crippen molar-refractivity contribution in [1.82, 2.24) is 24.3 Å². The highest BCUT2D eigenvalue weighted by Crippen LogP contribution is 2.30. The summed E-state index contributed by atoms with van der Waals surface area (Å²) in [5.41, 5.74) is -0.184. The van der Waals surface area contributed by atoms with Gasteiger partial charge in [-0.3, -0.25) is 13.9 Å². The van der Waals surface area contributed by atoms with Gasteiger partial charge in [0.25, 0.3) is 5.56 Å². The van der Waals surface area contributed by atoms with Crippen molar-refractivity contribution >= 4 is 22.7 Å². The van der Waals surface area contributed by atoms with Crippen LogP contribution in [0.3, 0.4) is 0 Å². The zero-order valence-electron chi connectivity index (χ0n) is 18.1. The molecule has 0 amide bonds. The van der Waals surface area contributed by atoms with E-state index in [0.717, 1.165) is 11.8 Å². The van der Waals surface area contributed by atoms with Crippen LogP contribution in [-0.4, -0.2) is 24.3 Å². The standard InChI is InChI=1S/C24H14F5N5OS/c25-18-15(19(26)21(28)22(29)20(18)27)11-36-24-32-31-17(34(24)13-6-2-1-3-7-13)10-33-12-30-16-9-5-4-8-14(16)23(33)35/h1-9,12H,10-11H2. The molecule has 0 spiro atoms. The van der Waals surface area contributed by atoms with Gasteiger partial charge in [-0.25, -0.2) is 26.9 Å². The molecule has 0 atom stereocenters. The summed E-state index contributed by atoms with van der Waals surface area (Å²) in [6, 6.07) is 15.5. The second-order valence-corrected chi connectivity index (χ2v) is 8.54. The molecule has 0 saturated heterocycles. The molecule has 2 aromatic heterocycles. The van der Waals surface area contributed by atoms with Crippen LogP contribution in [0, 0.1) is 29.1 Å². The Labute approximate surface area is 204 Å². The van der Waals surface area contributed by atoms with Crippen molar-refractivity contribution in [1.29, 1.82) is 0 Å². The van der Waals surface area contributed by atoms with Gasteiger partial charge in [0.15, 0.2) is 34.2 Å². The van der Waals surface area contributed by atoms with Crippen molar-refractivity contribution in [2.75, 3.05) is 0 Å². The smallest absolute Gasteiger partial charge is 0.261 e. The normalized spacial score (nSPS) is 11.4. The number of rotatable bonds is 6. The number of hydrogen-bond donors (Lipinski definition) is 0. The second-order valence-electron chi connectivity index (χ2n) is 7.60. The largest absolute Gasteiger partial charge is 0.291 e. The van der Waals surface area contributed by atoms with E-state index in [1.807, 2.05) is 0 Å². The fraction of sp³-hybridized carbons (Fsp3) is 0.0833. The van der Waals surface area contributed by atoms with Gasteiger partial charge in [-0.15, -0.1) is 10.2 Å². The molecular formula is C24H14F5N5OS. The number of nitrogens with zero attached hydrogens (tertiary/aromatic N) is 5. The van der Waals surface area contributed by atoms with Crippen molar-refractivity contribution in [3.63, 3.8) is 0 Å². The van der Waals surface area contributed by atoms with Crippen molar-refractivity contribution in [2.45, 2.75) is 17.5 Å². The van der Waals surface area contributed by atoms with Crippen LogP contribution in [0.4, 0.5) is 22.0 Å². The minimum Gasteiger partial charge on any atom is -0.291 e. The summed E-state index contributed by atoms with van der Waals surface area (Å²) in [6.45, 7) is -0.0400. The van der Waals surface area contributed by atoms with Crippen LogP contribution in [0.5, 0.6) is 0 Å². The Morgan fingerprint density at radius 1 is 0.778 bits per heavy atom. The molecule has 0 radical (unpaired) electrons. The highest BCUT2D eigenvalue weighted by Gasteiger charge is 2.26. The van der Waals surface area contributed by atoms with E-state index in [-0.39, 0.29) is 17.3 Å². The zero-order chi connectivity index (χ0) is 25.4. The van der Waals surface area contributed by atoms with E-state index < -0.39 is 40.4 Å². The fourth-order valence-corrected chi connectivity index (χ4v) is 4.58. The first-order valence-corrected chi connectivity index (χ1v) is 11.4. The maximum atomic E-state index is 14.2. The van der Waals surface area contributed by atoms with Crippen LogP contribution in [0.1, 0.15) is 11.4 Å². The summed E-state index contributed by atoms with van der Waals surface area (Å²) in [6.07, 6.45) is 1.37. The summed E-state index contributed by atoms with van der Waals surface area (Å²) < 4.78 is 71.9. The number of halogens is 5. The first-order chi connectivity index (χ1) is 17.4. The maximum absolute atomic E-state index is 14.2. The lowest BCUT2D eigenvalue weighted by Gasteiger charge is -2.12. The maximum Gasteiger partial charge on any atom is 0.261 e. The molecule has 0 aliphatic rings. The minimum absolute atomic E-state index is 0.0400. The molecule has 0 aliphatic heterocycles. The lowest BCUT2D eigenvalue weighted by atomic mass is 10.2. The van der Waals surface area contributed by atoms with E-state index in [2.05, 4.69) is 15.2 Å². The monoisotopic (exact) mass is 515 g/mol. The first-order valence-electron chi connectivity index (χ1n) is 10.4. The number of hydrogen-bond acceptors (Lipinski definition) is 5. The molecule has 36 heavy (non-hydrogen) atoms.